The van der Waals surface area contributed by atoms with Gasteiger partial charge in [0, 0.05) is 17.8 Å². The summed E-state index contributed by atoms with van der Waals surface area (Å²) in [5, 5.41) is 2.51. The van der Waals surface area contributed by atoms with Gasteiger partial charge in [0.2, 0.25) is 11.8 Å². The highest BCUT2D eigenvalue weighted by molar-refractivity contribution is 6.08. The zero-order valence-corrected chi connectivity index (χ0v) is 21.7. The summed E-state index contributed by atoms with van der Waals surface area (Å²) in [6.45, 7) is 4.52. The van der Waals surface area contributed by atoms with Gasteiger partial charge in [0.05, 0.1) is 12.1 Å². The molecule has 3 aromatic rings. The highest BCUT2D eigenvalue weighted by atomic mass is 19.4. The molecule has 3 amide bonds. The predicted molar refractivity (Wildman–Crippen MR) is 143 cm³/mol. The van der Waals surface area contributed by atoms with Crippen LogP contribution in [0, 0.1) is 24.6 Å². The van der Waals surface area contributed by atoms with Crippen LogP contribution in [0.1, 0.15) is 29.8 Å². The molecule has 1 atom stereocenters. The van der Waals surface area contributed by atoms with E-state index in [-0.39, 0.29) is 48.1 Å². The quantitative estimate of drug-likeness (QED) is 0.267. The molecule has 1 aliphatic heterocycles. The van der Waals surface area contributed by atoms with Crippen LogP contribution in [-0.4, -0.2) is 40.3 Å². The van der Waals surface area contributed by atoms with Gasteiger partial charge in [0.25, 0.3) is 5.91 Å². The highest BCUT2D eigenvalue weighted by Gasteiger charge is 2.41. The number of benzene rings is 1. The number of carbonyl (C=O) groups is 3. The van der Waals surface area contributed by atoms with Crippen molar-refractivity contribution in [2.45, 2.75) is 32.0 Å². The number of aryl methyl sites for hydroxylation is 1. The lowest BCUT2D eigenvalue weighted by Crippen LogP contribution is -2.47. The second-order valence-corrected chi connectivity index (χ2v) is 8.98. The van der Waals surface area contributed by atoms with E-state index in [2.05, 4.69) is 33.7 Å². The minimum atomic E-state index is -4.68. The summed E-state index contributed by atoms with van der Waals surface area (Å²) in [4.78, 5) is 48.7. The molecule has 3 heterocycles. The topological polar surface area (TPSA) is 95.5 Å². The Hall–Kier alpha value is -5.05. The molecule has 8 nitrogen and oxygen atoms in total. The van der Waals surface area contributed by atoms with Crippen LogP contribution in [0.25, 0.3) is 0 Å². The van der Waals surface area contributed by atoms with Crippen molar-refractivity contribution in [2.24, 2.45) is 0 Å². The molecule has 41 heavy (non-hydrogen) atoms. The zero-order valence-electron chi connectivity index (χ0n) is 21.7. The van der Waals surface area contributed by atoms with Gasteiger partial charge in [-0.25, -0.2) is 14.4 Å². The fraction of sp³-hybridized carbons (Fsp3) is 0.207. The number of anilines is 3. The minimum Gasteiger partial charge on any atom is -0.307 e. The van der Waals surface area contributed by atoms with Gasteiger partial charge in [-0.15, -0.1) is 0 Å². The van der Waals surface area contributed by atoms with Gasteiger partial charge in [0.1, 0.15) is 29.2 Å². The Labute approximate surface area is 232 Å². The lowest BCUT2D eigenvalue weighted by atomic mass is 10.1. The van der Waals surface area contributed by atoms with Gasteiger partial charge >= 0.3 is 6.18 Å². The summed E-state index contributed by atoms with van der Waals surface area (Å²) in [6, 6.07) is 10.2. The Balaban J connectivity index is 1.66. The van der Waals surface area contributed by atoms with E-state index in [9.17, 15) is 31.9 Å². The van der Waals surface area contributed by atoms with Crippen molar-refractivity contribution in [3.63, 3.8) is 0 Å². The molecular weight excluding hydrogens is 542 g/mol. The van der Waals surface area contributed by atoms with Crippen LogP contribution in [0.5, 0.6) is 0 Å². The largest absolute Gasteiger partial charge is 0.416 e. The van der Waals surface area contributed by atoms with Crippen molar-refractivity contribution >= 4 is 35.0 Å². The number of nitrogens with zero attached hydrogens (tertiary/aromatic N) is 4. The van der Waals surface area contributed by atoms with E-state index in [0.717, 1.165) is 35.2 Å². The predicted octanol–water partition coefficient (Wildman–Crippen LogP) is 4.65. The number of carbonyl (C=O) groups excluding carboxylic acids is 3. The third-order valence-corrected chi connectivity index (χ3v) is 6.05. The first-order chi connectivity index (χ1) is 19.5. The summed E-state index contributed by atoms with van der Waals surface area (Å²) in [5.41, 5.74) is -0.426. The molecule has 0 bridgehead atoms. The van der Waals surface area contributed by atoms with Crippen molar-refractivity contribution in [1.82, 2.24) is 9.97 Å². The van der Waals surface area contributed by atoms with Crippen LogP contribution >= 0.6 is 0 Å². The number of hydrogen-bond donors (Lipinski definition) is 1. The highest BCUT2D eigenvalue weighted by Crippen LogP contribution is 2.34. The van der Waals surface area contributed by atoms with Gasteiger partial charge in [-0.2, -0.15) is 13.2 Å². The molecule has 0 unspecified atom stereocenters. The molecule has 12 heteroatoms. The van der Waals surface area contributed by atoms with Crippen molar-refractivity contribution in [2.75, 3.05) is 21.7 Å². The molecule has 1 saturated heterocycles. The van der Waals surface area contributed by atoms with Crippen LogP contribution in [0.15, 0.2) is 67.3 Å². The van der Waals surface area contributed by atoms with Crippen LogP contribution in [0.2, 0.25) is 0 Å². The van der Waals surface area contributed by atoms with Crippen LogP contribution < -0.4 is 15.1 Å². The Morgan fingerprint density at radius 1 is 1.17 bits per heavy atom. The van der Waals surface area contributed by atoms with Crippen LogP contribution in [0.4, 0.5) is 34.9 Å². The molecule has 1 N–H and O–H groups in total. The molecule has 4 rings (SSSR count). The van der Waals surface area contributed by atoms with E-state index < -0.39 is 41.3 Å². The maximum absolute atomic E-state index is 13.8. The van der Waals surface area contributed by atoms with Crippen molar-refractivity contribution in [3.05, 3.63) is 90.0 Å². The smallest absolute Gasteiger partial charge is 0.307 e. The Morgan fingerprint density at radius 2 is 1.90 bits per heavy atom. The normalized spacial score (nSPS) is 14.7. The minimum absolute atomic E-state index is 0.0287. The van der Waals surface area contributed by atoms with Gasteiger partial charge in [-0.05, 0) is 73.9 Å². The fourth-order valence-corrected chi connectivity index (χ4v) is 4.20. The number of alkyl halides is 3. The number of aromatic nitrogens is 2. The molecule has 1 aromatic carbocycles. The first kappa shape index (κ1) is 28.9. The van der Waals surface area contributed by atoms with Gasteiger partial charge in [-0.1, -0.05) is 18.6 Å². The van der Waals surface area contributed by atoms with E-state index >= 15 is 0 Å². The average molecular weight is 566 g/mol. The summed E-state index contributed by atoms with van der Waals surface area (Å²) >= 11 is 0. The number of hydrogen-bond acceptors (Lipinski definition) is 5. The molecule has 2 aromatic heterocycles. The molecule has 0 aliphatic carbocycles. The molecule has 1 fully saturated rings. The molecule has 0 saturated carbocycles. The third kappa shape index (κ3) is 6.94. The van der Waals surface area contributed by atoms with E-state index in [4.69, 9.17) is 0 Å². The fourth-order valence-electron chi connectivity index (χ4n) is 4.20. The van der Waals surface area contributed by atoms with E-state index in [0.29, 0.717) is 0 Å². The number of pyridine rings is 2. The molecule has 1 aliphatic rings. The molecule has 210 valence electrons. The Bertz CT molecular complexity index is 1560. The van der Waals surface area contributed by atoms with Crippen molar-refractivity contribution in [3.8, 4) is 11.8 Å². The summed E-state index contributed by atoms with van der Waals surface area (Å²) in [7, 11) is 0. The summed E-state index contributed by atoms with van der Waals surface area (Å²) in [6.07, 6.45) is -3.64. The Morgan fingerprint density at radius 3 is 2.59 bits per heavy atom. The first-order valence-electron chi connectivity index (χ1n) is 12.3. The Kier molecular flexibility index (Phi) is 8.47. The number of halogens is 4. The number of nitrogens with one attached hydrogen (secondary N) is 1. The third-order valence-electron chi connectivity index (χ3n) is 6.05. The second kappa shape index (κ2) is 12.0. The standard InChI is InChI=1S/C29H23F4N5O3/c1-3-26(39)36-24-8-4-6-21(35-24)7-5-15-37(22-11-9-20(30)10-12-22)28(41)23-13-14-27(40)38(23)25-17-19(29(31,32)33)16-18(2)34-25/h3-4,6,8-12,16-17,23H,1,13-15H2,2H3,(H,35,36,39)/t23-/m0/s1. The zero-order chi connectivity index (χ0) is 29.7. The second-order valence-electron chi connectivity index (χ2n) is 8.98. The van der Waals surface area contributed by atoms with Gasteiger partial charge < -0.3 is 5.32 Å². The molecule has 0 spiro atoms. The molecular formula is C29H23F4N5O3. The van der Waals surface area contributed by atoms with Crippen LogP contribution in [-0.2, 0) is 20.6 Å². The maximum atomic E-state index is 13.8. The van der Waals surface area contributed by atoms with E-state index in [1.165, 1.54) is 24.0 Å². The molecule has 0 radical (unpaired) electrons. The maximum Gasteiger partial charge on any atom is 0.416 e. The lowest BCUT2D eigenvalue weighted by molar-refractivity contribution is -0.137. The van der Waals surface area contributed by atoms with E-state index in [1.807, 2.05) is 0 Å². The van der Waals surface area contributed by atoms with Crippen molar-refractivity contribution < 1.29 is 31.9 Å². The monoisotopic (exact) mass is 565 g/mol. The average Bonchev–Trinajstić information content (AvgIpc) is 3.32. The first-order valence-corrected chi connectivity index (χ1v) is 12.3. The van der Waals surface area contributed by atoms with Crippen LogP contribution in [0.3, 0.4) is 0 Å². The summed E-state index contributed by atoms with van der Waals surface area (Å²) in [5.74, 6) is 3.36. The van der Waals surface area contributed by atoms with E-state index in [1.54, 1.807) is 18.2 Å². The van der Waals surface area contributed by atoms with Gasteiger partial charge in [0.15, 0.2) is 0 Å². The lowest BCUT2D eigenvalue weighted by Gasteiger charge is -2.29. The number of amides is 3. The summed E-state index contributed by atoms with van der Waals surface area (Å²) < 4.78 is 54.1. The van der Waals surface area contributed by atoms with Crippen molar-refractivity contribution in [1.29, 1.82) is 0 Å². The van der Waals surface area contributed by atoms with Gasteiger partial charge in [-0.3, -0.25) is 24.2 Å². The number of rotatable bonds is 6. The SMILES string of the molecule is C=CC(=O)Nc1cccc(C#CCN(C(=O)[C@@H]2CCC(=O)N2c2cc(C(F)(F)F)cc(C)n2)c2ccc(F)cc2)n1.